The maximum absolute atomic E-state index is 11.1. The van der Waals surface area contributed by atoms with Crippen molar-refractivity contribution in [3.8, 4) is 0 Å². The highest BCUT2D eigenvalue weighted by atomic mass is 16.2. The van der Waals surface area contributed by atoms with E-state index in [9.17, 15) is 4.79 Å². The van der Waals surface area contributed by atoms with E-state index in [-0.39, 0.29) is 5.91 Å². The Kier molecular flexibility index (Phi) is 3.21. The molecule has 0 unspecified atom stereocenters. The van der Waals surface area contributed by atoms with Crippen LogP contribution in [-0.4, -0.2) is 48.4 Å². The summed E-state index contributed by atoms with van der Waals surface area (Å²) < 4.78 is 0. The number of piperazine rings is 1. The molecule has 1 amide bonds. The van der Waals surface area contributed by atoms with Gasteiger partial charge in [-0.2, -0.15) is 0 Å². The molecular weight excluding hydrogens is 188 g/mol. The van der Waals surface area contributed by atoms with Crippen LogP contribution in [0, 0.1) is 5.92 Å². The van der Waals surface area contributed by atoms with Gasteiger partial charge in [-0.1, -0.05) is 24.3 Å². The SMILES string of the molecule is CC(=O)N1CCN(CC=CC2C=C2)CC1. The van der Waals surface area contributed by atoms with E-state index in [1.165, 1.54) is 0 Å². The third-order valence-electron chi connectivity index (χ3n) is 2.95. The highest BCUT2D eigenvalue weighted by Gasteiger charge is 2.17. The van der Waals surface area contributed by atoms with Crippen LogP contribution in [0.15, 0.2) is 24.3 Å². The molecule has 2 rings (SSSR count). The van der Waals surface area contributed by atoms with Crippen LogP contribution in [0.1, 0.15) is 6.92 Å². The summed E-state index contributed by atoms with van der Waals surface area (Å²) in [4.78, 5) is 15.4. The monoisotopic (exact) mass is 206 g/mol. The Morgan fingerprint density at radius 2 is 2.00 bits per heavy atom. The molecular formula is C12H18N2O. The Morgan fingerprint density at radius 1 is 1.33 bits per heavy atom. The lowest BCUT2D eigenvalue weighted by Gasteiger charge is -2.33. The van der Waals surface area contributed by atoms with Crippen molar-refractivity contribution >= 4 is 5.91 Å². The standard InChI is InChI=1S/C12H18N2O/c1-11(15)14-9-7-13(8-10-14)6-2-3-12-4-5-12/h2-5,12H,6-10H2,1H3. The lowest BCUT2D eigenvalue weighted by molar-refractivity contribution is -0.130. The molecule has 1 aliphatic heterocycles. The Balaban J connectivity index is 1.66. The van der Waals surface area contributed by atoms with Crippen molar-refractivity contribution < 1.29 is 4.79 Å². The van der Waals surface area contributed by atoms with Crippen molar-refractivity contribution in [2.45, 2.75) is 6.92 Å². The predicted octanol–water partition coefficient (Wildman–Crippen LogP) is 0.893. The Labute approximate surface area is 91.0 Å². The molecule has 82 valence electrons. The maximum atomic E-state index is 11.1. The average Bonchev–Trinajstić information content (AvgIpc) is 3.02. The first-order valence-electron chi connectivity index (χ1n) is 5.58. The molecule has 1 aliphatic carbocycles. The molecule has 3 heteroatoms. The molecule has 1 fully saturated rings. The molecule has 0 aromatic heterocycles. The minimum absolute atomic E-state index is 0.201. The van der Waals surface area contributed by atoms with Crippen molar-refractivity contribution in [1.29, 1.82) is 0 Å². The number of hydrogen-bond acceptors (Lipinski definition) is 2. The van der Waals surface area contributed by atoms with Crippen molar-refractivity contribution in [3.63, 3.8) is 0 Å². The Hall–Kier alpha value is -1.09. The number of carbonyl (C=O) groups excluding carboxylic acids is 1. The summed E-state index contributed by atoms with van der Waals surface area (Å²) in [6, 6.07) is 0. The van der Waals surface area contributed by atoms with Gasteiger partial charge in [-0.25, -0.2) is 0 Å². The summed E-state index contributed by atoms with van der Waals surface area (Å²) in [7, 11) is 0. The summed E-state index contributed by atoms with van der Waals surface area (Å²) in [6.45, 7) is 6.43. The molecule has 0 radical (unpaired) electrons. The smallest absolute Gasteiger partial charge is 0.219 e. The zero-order chi connectivity index (χ0) is 10.7. The van der Waals surface area contributed by atoms with E-state index in [4.69, 9.17) is 0 Å². The number of rotatable bonds is 3. The molecule has 2 aliphatic rings. The molecule has 3 nitrogen and oxygen atoms in total. The second-order valence-electron chi connectivity index (χ2n) is 4.20. The van der Waals surface area contributed by atoms with Gasteiger partial charge in [0.2, 0.25) is 5.91 Å². The van der Waals surface area contributed by atoms with Gasteiger partial charge < -0.3 is 4.90 Å². The van der Waals surface area contributed by atoms with Crippen molar-refractivity contribution in [2.75, 3.05) is 32.7 Å². The van der Waals surface area contributed by atoms with Gasteiger partial charge in [-0.05, 0) is 0 Å². The van der Waals surface area contributed by atoms with Gasteiger partial charge in [0, 0.05) is 45.6 Å². The van der Waals surface area contributed by atoms with Crippen LogP contribution in [0.5, 0.6) is 0 Å². The molecule has 15 heavy (non-hydrogen) atoms. The van der Waals surface area contributed by atoms with E-state index in [0.717, 1.165) is 32.7 Å². The first-order valence-corrected chi connectivity index (χ1v) is 5.58. The van der Waals surface area contributed by atoms with Crippen LogP contribution in [0.2, 0.25) is 0 Å². The van der Waals surface area contributed by atoms with Crippen molar-refractivity contribution in [1.82, 2.24) is 9.80 Å². The van der Waals surface area contributed by atoms with Gasteiger partial charge in [0.1, 0.15) is 0 Å². The van der Waals surface area contributed by atoms with Crippen LogP contribution in [-0.2, 0) is 4.79 Å². The zero-order valence-electron chi connectivity index (χ0n) is 9.22. The van der Waals surface area contributed by atoms with E-state index in [0.29, 0.717) is 5.92 Å². The fourth-order valence-electron chi connectivity index (χ4n) is 1.80. The third-order valence-corrected chi connectivity index (χ3v) is 2.95. The van der Waals surface area contributed by atoms with Gasteiger partial charge in [0.15, 0.2) is 0 Å². The number of allylic oxidation sites excluding steroid dienone is 3. The van der Waals surface area contributed by atoms with Crippen LogP contribution >= 0.6 is 0 Å². The summed E-state index contributed by atoms with van der Waals surface area (Å²) in [5, 5.41) is 0. The molecule has 0 aromatic rings. The van der Waals surface area contributed by atoms with Crippen LogP contribution in [0.4, 0.5) is 0 Å². The molecule has 0 atom stereocenters. The van der Waals surface area contributed by atoms with Gasteiger partial charge in [-0.15, -0.1) is 0 Å². The summed E-state index contributed by atoms with van der Waals surface area (Å²) in [6.07, 6.45) is 8.83. The lowest BCUT2D eigenvalue weighted by atomic mass is 10.3. The summed E-state index contributed by atoms with van der Waals surface area (Å²) in [5.74, 6) is 0.830. The minimum Gasteiger partial charge on any atom is -0.340 e. The van der Waals surface area contributed by atoms with Crippen LogP contribution in [0.3, 0.4) is 0 Å². The van der Waals surface area contributed by atoms with Crippen LogP contribution in [0.25, 0.3) is 0 Å². The van der Waals surface area contributed by atoms with E-state index in [1.807, 2.05) is 4.90 Å². The average molecular weight is 206 g/mol. The lowest BCUT2D eigenvalue weighted by Crippen LogP contribution is -2.47. The molecule has 0 spiro atoms. The molecule has 1 saturated heterocycles. The first-order chi connectivity index (χ1) is 7.25. The topological polar surface area (TPSA) is 23.6 Å². The second kappa shape index (κ2) is 4.62. The van der Waals surface area contributed by atoms with Gasteiger partial charge >= 0.3 is 0 Å². The van der Waals surface area contributed by atoms with Crippen molar-refractivity contribution in [2.24, 2.45) is 5.92 Å². The predicted molar refractivity (Wildman–Crippen MR) is 60.5 cm³/mol. The van der Waals surface area contributed by atoms with Gasteiger partial charge in [-0.3, -0.25) is 9.69 Å². The minimum atomic E-state index is 0.201. The normalized spacial score (nSPS) is 22.6. The number of carbonyl (C=O) groups is 1. The van der Waals surface area contributed by atoms with Gasteiger partial charge in [0.05, 0.1) is 0 Å². The fourth-order valence-corrected chi connectivity index (χ4v) is 1.80. The Morgan fingerprint density at radius 3 is 2.53 bits per heavy atom. The van der Waals surface area contributed by atoms with Crippen LogP contribution < -0.4 is 0 Å². The molecule has 0 bridgehead atoms. The summed E-state index contributed by atoms with van der Waals surface area (Å²) in [5.41, 5.74) is 0. The third kappa shape index (κ3) is 3.20. The molecule has 0 N–H and O–H groups in total. The Bertz CT molecular complexity index is 282. The number of nitrogens with zero attached hydrogens (tertiary/aromatic N) is 2. The second-order valence-corrected chi connectivity index (χ2v) is 4.20. The molecule has 1 heterocycles. The molecule has 0 aromatic carbocycles. The van der Waals surface area contributed by atoms with Crippen molar-refractivity contribution in [3.05, 3.63) is 24.3 Å². The van der Waals surface area contributed by atoms with E-state index < -0.39 is 0 Å². The first kappa shape index (κ1) is 10.4. The largest absolute Gasteiger partial charge is 0.340 e. The zero-order valence-corrected chi connectivity index (χ0v) is 9.22. The number of amides is 1. The van der Waals surface area contributed by atoms with Gasteiger partial charge in [0.25, 0.3) is 0 Å². The number of hydrogen-bond donors (Lipinski definition) is 0. The van der Waals surface area contributed by atoms with E-state index in [1.54, 1.807) is 6.92 Å². The fraction of sp³-hybridized carbons (Fsp3) is 0.583. The highest BCUT2D eigenvalue weighted by molar-refractivity contribution is 5.73. The molecule has 0 saturated carbocycles. The highest BCUT2D eigenvalue weighted by Crippen LogP contribution is 2.16. The van der Waals surface area contributed by atoms with E-state index in [2.05, 4.69) is 29.2 Å². The summed E-state index contributed by atoms with van der Waals surface area (Å²) >= 11 is 0. The van der Waals surface area contributed by atoms with E-state index >= 15 is 0 Å². The quantitative estimate of drug-likeness (QED) is 0.640. The maximum Gasteiger partial charge on any atom is 0.219 e.